The van der Waals surface area contributed by atoms with Crippen molar-refractivity contribution in [3.8, 4) is 0 Å². The van der Waals surface area contributed by atoms with E-state index in [9.17, 15) is 13.6 Å². The Morgan fingerprint density at radius 3 is 2.63 bits per heavy atom. The van der Waals surface area contributed by atoms with Gasteiger partial charge in [-0.25, -0.2) is 8.78 Å². The van der Waals surface area contributed by atoms with E-state index in [1.807, 2.05) is 0 Å². The molecular formula is C14H8BrClF2O. The highest BCUT2D eigenvalue weighted by Gasteiger charge is 2.16. The Labute approximate surface area is 122 Å². The summed E-state index contributed by atoms with van der Waals surface area (Å²) in [5.41, 5.74) is 0.123. The van der Waals surface area contributed by atoms with Crippen LogP contribution in [0, 0.1) is 11.6 Å². The molecule has 0 radical (unpaired) electrons. The van der Waals surface area contributed by atoms with Gasteiger partial charge in [-0.1, -0.05) is 23.7 Å². The van der Waals surface area contributed by atoms with Gasteiger partial charge in [0.05, 0.1) is 10.0 Å². The van der Waals surface area contributed by atoms with Crippen LogP contribution in [0.1, 0.15) is 15.9 Å². The summed E-state index contributed by atoms with van der Waals surface area (Å²) in [4.78, 5) is 12.0. The molecular weight excluding hydrogens is 338 g/mol. The molecule has 0 spiro atoms. The highest BCUT2D eigenvalue weighted by molar-refractivity contribution is 9.10. The summed E-state index contributed by atoms with van der Waals surface area (Å²) in [5.74, 6) is -1.70. The fourth-order valence-corrected chi connectivity index (χ4v) is 2.18. The molecule has 0 atom stereocenters. The van der Waals surface area contributed by atoms with Crippen molar-refractivity contribution < 1.29 is 13.6 Å². The Kier molecular flexibility index (Phi) is 4.32. The van der Waals surface area contributed by atoms with Crippen molar-refractivity contribution in [2.45, 2.75) is 6.42 Å². The zero-order chi connectivity index (χ0) is 14.0. The Morgan fingerprint density at radius 1 is 1.21 bits per heavy atom. The lowest BCUT2D eigenvalue weighted by atomic mass is 10.0. The first-order chi connectivity index (χ1) is 8.99. The molecule has 0 unspecified atom stereocenters. The molecule has 0 bridgehead atoms. The van der Waals surface area contributed by atoms with Crippen LogP contribution < -0.4 is 0 Å². The summed E-state index contributed by atoms with van der Waals surface area (Å²) in [6, 6.07) is 8.46. The molecule has 2 aromatic carbocycles. The van der Waals surface area contributed by atoms with Crippen LogP contribution in [0.3, 0.4) is 0 Å². The Morgan fingerprint density at radius 2 is 1.95 bits per heavy atom. The lowest BCUT2D eigenvalue weighted by Gasteiger charge is -2.05. The molecule has 0 N–H and O–H groups in total. The average Bonchev–Trinajstić information content (AvgIpc) is 2.36. The van der Waals surface area contributed by atoms with Gasteiger partial charge in [0.1, 0.15) is 11.6 Å². The first-order valence-corrected chi connectivity index (χ1v) is 6.57. The largest absolute Gasteiger partial charge is 0.294 e. The third-order valence-corrected chi connectivity index (χ3v) is 3.47. The summed E-state index contributed by atoms with van der Waals surface area (Å²) in [5, 5.41) is 0.252. The fourth-order valence-electron chi connectivity index (χ4n) is 1.65. The fraction of sp³-hybridized carbons (Fsp3) is 0.0714. The summed E-state index contributed by atoms with van der Waals surface area (Å²) in [7, 11) is 0. The van der Waals surface area contributed by atoms with Crippen LogP contribution in [-0.4, -0.2) is 5.78 Å². The maximum absolute atomic E-state index is 13.7. The molecule has 2 rings (SSSR count). The van der Waals surface area contributed by atoms with Crippen LogP contribution in [0.15, 0.2) is 40.9 Å². The summed E-state index contributed by atoms with van der Waals surface area (Å²) >= 11 is 8.63. The zero-order valence-electron chi connectivity index (χ0n) is 9.59. The van der Waals surface area contributed by atoms with Crippen molar-refractivity contribution in [3.63, 3.8) is 0 Å². The summed E-state index contributed by atoms with van der Waals surface area (Å²) in [6.07, 6.45) is -0.212. The van der Waals surface area contributed by atoms with Gasteiger partial charge in [-0.15, -0.1) is 0 Å². The molecule has 5 heteroatoms. The lowest BCUT2D eigenvalue weighted by molar-refractivity contribution is 0.0988. The number of hydrogen-bond acceptors (Lipinski definition) is 1. The number of hydrogen-bond donors (Lipinski definition) is 0. The van der Waals surface area contributed by atoms with E-state index >= 15 is 0 Å². The van der Waals surface area contributed by atoms with E-state index in [2.05, 4.69) is 15.9 Å². The minimum absolute atomic E-state index is 0.0660. The van der Waals surface area contributed by atoms with Gasteiger partial charge >= 0.3 is 0 Å². The molecule has 0 amide bonds. The van der Waals surface area contributed by atoms with Crippen LogP contribution in [0.5, 0.6) is 0 Å². The molecule has 98 valence electrons. The molecule has 0 aliphatic heterocycles. The van der Waals surface area contributed by atoms with Crippen molar-refractivity contribution in [1.29, 1.82) is 0 Å². The van der Waals surface area contributed by atoms with Gasteiger partial charge in [-0.3, -0.25) is 4.79 Å². The molecule has 0 saturated heterocycles. The van der Waals surface area contributed by atoms with Gasteiger partial charge in [0.25, 0.3) is 0 Å². The van der Waals surface area contributed by atoms with Crippen molar-refractivity contribution in [3.05, 3.63) is 68.7 Å². The molecule has 1 nitrogen and oxygen atoms in total. The monoisotopic (exact) mass is 344 g/mol. The topological polar surface area (TPSA) is 17.1 Å². The van der Waals surface area contributed by atoms with E-state index in [-0.39, 0.29) is 27.0 Å². The van der Waals surface area contributed by atoms with E-state index in [1.165, 1.54) is 24.3 Å². The Hall–Kier alpha value is -1.26. The maximum atomic E-state index is 13.7. The number of carbonyl (C=O) groups is 1. The predicted molar refractivity (Wildman–Crippen MR) is 73.5 cm³/mol. The van der Waals surface area contributed by atoms with Crippen LogP contribution >= 0.6 is 27.5 Å². The molecule has 0 fully saturated rings. The van der Waals surface area contributed by atoms with Gasteiger partial charge < -0.3 is 0 Å². The third kappa shape index (κ3) is 3.19. The first kappa shape index (κ1) is 14.2. The molecule has 0 aliphatic carbocycles. The second-order valence-corrected chi connectivity index (χ2v) is 5.23. The molecule has 19 heavy (non-hydrogen) atoms. The van der Waals surface area contributed by atoms with Crippen LogP contribution in [0.4, 0.5) is 8.78 Å². The van der Waals surface area contributed by atoms with E-state index in [4.69, 9.17) is 11.6 Å². The van der Waals surface area contributed by atoms with Crippen molar-refractivity contribution >= 4 is 33.3 Å². The standard InChI is InChI=1S/C14H8BrClF2O/c15-11-3-1-2-10(14(11)18)13(19)6-8-4-5-9(16)7-12(8)17/h1-5,7H,6H2. The summed E-state index contributed by atoms with van der Waals surface area (Å²) < 4.78 is 27.5. The Balaban J connectivity index is 2.28. The number of rotatable bonds is 3. The SMILES string of the molecule is O=C(Cc1ccc(Cl)cc1F)c1cccc(Br)c1F. The number of Topliss-reactive ketones (excluding diaryl/α,β-unsaturated/α-hetero) is 1. The summed E-state index contributed by atoms with van der Waals surface area (Å²) in [6.45, 7) is 0. The van der Waals surface area contributed by atoms with Crippen LogP contribution in [-0.2, 0) is 6.42 Å². The number of benzene rings is 2. The van der Waals surface area contributed by atoms with E-state index in [1.54, 1.807) is 6.07 Å². The normalized spacial score (nSPS) is 10.5. The van der Waals surface area contributed by atoms with Gasteiger partial charge in [0, 0.05) is 11.4 Å². The molecule has 2 aromatic rings. The van der Waals surface area contributed by atoms with Gasteiger partial charge in [0.15, 0.2) is 5.78 Å². The van der Waals surface area contributed by atoms with Gasteiger partial charge in [0.2, 0.25) is 0 Å². The van der Waals surface area contributed by atoms with E-state index in [0.29, 0.717) is 0 Å². The molecule has 0 aliphatic rings. The Bertz CT molecular complexity index is 643. The van der Waals surface area contributed by atoms with Crippen LogP contribution in [0.2, 0.25) is 5.02 Å². The van der Waals surface area contributed by atoms with Gasteiger partial charge in [-0.05, 0) is 45.8 Å². The highest BCUT2D eigenvalue weighted by Crippen LogP contribution is 2.21. The van der Waals surface area contributed by atoms with Crippen molar-refractivity contribution in [1.82, 2.24) is 0 Å². The molecule has 0 saturated carbocycles. The van der Waals surface area contributed by atoms with E-state index in [0.717, 1.165) is 6.07 Å². The highest BCUT2D eigenvalue weighted by atomic mass is 79.9. The van der Waals surface area contributed by atoms with Crippen molar-refractivity contribution in [2.75, 3.05) is 0 Å². The zero-order valence-corrected chi connectivity index (χ0v) is 11.9. The quantitative estimate of drug-likeness (QED) is 0.730. The second-order valence-electron chi connectivity index (χ2n) is 3.94. The average molecular weight is 346 g/mol. The van der Waals surface area contributed by atoms with Crippen LogP contribution in [0.25, 0.3) is 0 Å². The predicted octanol–water partition coefficient (Wildman–Crippen LogP) is 4.81. The second kappa shape index (κ2) is 5.80. The number of carbonyl (C=O) groups excluding carboxylic acids is 1. The van der Waals surface area contributed by atoms with Crippen molar-refractivity contribution in [2.24, 2.45) is 0 Å². The first-order valence-electron chi connectivity index (χ1n) is 5.40. The molecule has 0 aromatic heterocycles. The van der Waals surface area contributed by atoms with Gasteiger partial charge in [-0.2, -0.15) is 0 Å². The molecule has 0 heterocycles. The minimum atomic E-state index is -0.637. The van der Waals surface area contributed by atoms with E-state index < -0.39 is 17.4 Å². The number of halogens is 4. The number of ketones is 1. The minimum Gasteiger partial charge on any atom is -0.294 e. The lowest BCUT2D eigenvalue weighted by Crippen LogP contribution is -2.07. The third-order valence-electron chi connectivity index (χ3n) is 2.62. The maximum Gasteiger partial charge on any atom is 0.170 e. The smallest absolute Gasteiger partial charge is 0.170 e.